The van der Waals surface area contributed by atoms with Crippen LogP contribution in [0.1, 0.15) is 17.4 Å². The number of nitrogens with one attached hydrogen (secondary N) is 1. The van der Waals surface area contributed by atoms with Crippen molar-refractivity contribution in [2.24, 2.45) is 0 Å². The summed E-state index contributed by atoms with van der Waals surface area (Å²) < 4.78 is 5.36. The highest BCUT2D eigenvalue weighted by Crippen LogP contribution is 2.32. The van der Waals surface area contributed by atoms with Crippen LogP contribution in [0, 0.1) is 6.92 Å². The predicted octanol–water partition coefficient (Wildman–Crippen LogP) is -1.22. The first kappa shape index (κ1) is 14.1. The number of ether oxygens (including phenoxy) is 1. The van der Waals surface area contributed by atoms with E-state index < -0.39 is 36.6 Å². The Morgan fingerprint density at radius 2 is 2.14 bits per heavy atom. The quantitative estimate of drug-likeness (QED) is 0.546. The van der Waals surface area contributed by atoms with Gasteiger partial charge < -0.3 is 25.0 Å². The van der Waals surface area contributed by atoms with Gasteiger partial charge in [0.25, 0.3) is 5.56 Å². The summed E-state index contributed by atoms with van der Waals surface area (Å²) >= 11 is 0. The molecule has 1 fully saturated rings. The molecule has 0 aliphatic carbocycles. The van der Waals surface area contributed by atoms with E-state index in [1.165, 1.54) is 6.07 Å². The van der Waals surface area contributed by atoms with Crippen molar-refractivity contribution in [3.63, 3.8) is 0 Å². The van der Waals surface area contributed by atoms with Crippen LogP contribution in [0.4, 0.5) is 0 Å². The van der Waals surface area contributed by atoms with E-state index in [1.54, 1.807) is 13.1 Å². The molecule has 0 bridgehead atoms. The van der Waals surface area contributed by atoms with Crippen molar-refractivity contribution >= 4 is 11.2 Å². The fourth-order valence-electron chi connectivity index (χ4n) is 2.44. The maximum atomic E-state index is 12.1. The molecule has 112 valence electrons. The number of aromatic amines is 1. The highest BCUT2D eigenvalue weighted by molar-refractivity contribution is 5.70. The topological polar surface area (TPSA) is 129 Å². The van der Waals surface area contributed by atoms with Crippen LogP contribution >= 0.6 is 0 Å². The number of hydrogen-bond acceptors (Lipinski definition) is 7. The van der Waals surface area contributed by atoms with E-state index in [1.807, 2.05) is 0 Å². The van der Waals surface area contributed by atoms with Crippen molar-refractivity contribution in [1.82, 2.24) is 15.0 Å². The minimum atomic E-state index is -1.29. The Morgan fingerprint density at radius 3 is 2.81 bits per heavy atom. The number of H-pyrrole nitrogens is 1. The second-order valence-electron chi connectivity index (χ2n) is 5.06. The first-order chi connectivity index (χ1) is 10.0. The average molecular weight is 293 g/mol. The van der Waals surface area contributed by atoms with Gasteiger partial charge in [0, 0.05) is 6.20 Å². The summed E-state index contributed by atoms with van der Waals surface area (Å²) in [7, 11) is 0. The second-order valence-corrected chi connectivity index (χ2v) is 5.06. The number of aliphatic hydroxyl groups excluding tert-OH is 3. The third-order valence-electron chi connectivity index (χ3n) is 3.56. The van der Waals surface area contributed by atoms with Gasteiger partial charge in [-0.05, 0) is 13.0 Å². The third kappa shape index (κ3) is 2.32. The first-order valence-corrected chi connectivity index (χ1v) is 6.50. The molecule has 3 rings (SSSR count). The Balaban J connectivity index is 2.07. The summed E-state index contributed by atoms with van der Waals surface area (Å²) in [6.07, 6.45) is -2.93. The van der Waals surface area contributed by atoms with Crippen LogP contribution in [-0.4, -0.2) is 55.2 Å². The zero-order chi connectivity index (χ0) is 15.1. The summed E-state index contributed by atoms with van der Waals surface area (Å²) in [5, 5.41) is 28.8. The van der Waals surface area contributed by atoms with Gasteiger partial charge in [0.1, 0.15) is 29.9 Å². The zero-order valence-electron chi connectivity index (χ0n) is 11.2. The van der Waals surface area contributed by atoms with E-state index in [2.05, 4.69) is 15.0 Å². The maximum absolute atomic E-state index is 12.1. The molecule has 0 radical (unpaired) electrons. The molecule has 2 aromatic heterocycles. The Hall–Kier alpha value is -1.87. The lowest BCUT2D eigenvalue weighted by atomic mass is 10.0. The smallest absolute Gasteiger partial charge is 0.255 e. The molecule has 4 N–H and O–H groups in total. The van der Waals surface area contributed by atoms with Crippen molar-refractivity contribution in [2.45, 2.75) is 31.3 Å². The minimum absolute atomic E-state index is 0.142. The van der Waals surface area contributed by atoms with Crippen LogP contribution < -0.4 is 5.56 Å². The number of aryl methyl sites for hydroxylation is 1. The molecule has 0 aromatic carbocycles. The molecule has 0 spiro atoms. The molecule has 1 aliphatic rings. The SMILES string of the molecule is Cc1cnc2cc([C@@H]3O[C@H](CO)[C@H](O)C3O)c(=O)[nH]c2n1. The molecule has 8 heteroatoms. The van der Waals surface area contributed by atoms with E-state index in [9.17, 15) is 15.0 Å². The molecule has 1 saturated heterocycles. The summed E-state index contributed by atoms with van der Waals surface area (Å²) in [6.45, 7) is 1.31. The van der Waals surface area contributed by atoms with E-state index >= 15 is 0 Å². The number of aromatic nitrogens is 3. The molecule has 1 unspecified atom stereocenters. The Morgan fingerprint density at radius 1 is 1.38 bits per heavy atom. The van der Waals surface area contributed by atoms with Gasteiger partial charge in [0.2, 0.25) is 0 Å². The maximum Gasteiger partial charge on any atom is 0.255 e. The van der Waals surface area contributed by atoms with Crippen molar-refractivity contribution < 1.29 is 20.1 Å². The highest BCUT2D eigenvalue weighted by atomic mass is 16.6. The largest absolute Gasteiger partial charge is 0.394 e. The third-order valence-corrected chi connectivity index (χ3v) is 3.56. The number of rotatable bonds is 2. The zero-order valence-corrected chi connectivity index (χ0v) is 11.2. The molecule has 4 atom stereocenters. The van der Waals surface area contributed by atoms with Crippen LogP contribution in [-0.2, 0) is 4.74 Å². The van der Waals surface area contributed by atoms with Crippen LogP contribution in [0.25, 0.3) is 11.2 Å². The first-order valence-electron chi connectivity index (χ1n) is 6.50. The van der Waals surface area contributed by atoms with Crippen molar-refractivity contribution in [3.05, 3.63) is 33.9 Å². The van der Waals surface area contributed by atoms with Crippen molar-refractivity contribution in [3.8, 4) is 0 Å². The van der Waals surface area contributed by atoms with E-state index in [0.29, 0.717) is 16.9 Å². The monoisotopic (exact) mass is 293 g/mol. The highest BCUT2D eigenvalue weighted by Gasteiger charge is 2.44. The molecule has 2 aromatic rings. The van der Waals surface area contributed by atoms with Gasteiger partial charge in [-0.2, -0.15) is 0 Å². The molecule has 8 nitrogen and oxygen atoms in total. The lowest BCUT2D eigenvalue weighted by molar-refractivity contribution is -0.0231. The van der Waals surface area contributed by atoms with Gasteiger partial charge in [-0.15, -0.1) is 0 Å². The predicted molar refractivity (Wildman–Crippen MR) is 71.6 cm³/mol. The second kappa shape index (κ2) is 5.15. The lowest BCUT2D eigenvalue weighted by Crippen LogP contribution is -2.33. The van der Waals surface area contributed by atoms with Gasteiger partial charge in [-0.1, -0.05) is 0 Å². The fourth-order valence-corrected chi connectivity index (χ4v) is 2.44. The normalized spacial score (nSPS) is 29.1. The van der Waals surface area contributed by atoms with E-state index in [-0.39, 0.29) is 5.56 Å². The molecular weight excluding hydrogens is 278 g/mol. The Kier molecular flexibility index (Phi) is 3.46. The van der Waals surface area contributed by atoms with Crippen LogP contribution in [0.3, 0.4) is 0 Å². The van der Waals surface area contributed by atoms with Crippen molar-refractivity contribution in [2.75, 3.05) is 6.61 Å². The average Bonchev–Trinajstić information content (AvgIpc) is 2.74. The Labute approximate surface area is 119 Å². The summed E-state index contributed by atoms with van der Waals surface area (Å²) in [5.74, 6) is 0. The van der Waals surface area contributed by atoms with Crippen LogP contribution in [0.15, 0.2) is 17.1 Å². The van der Waals surface area contributed by atoms with Gasteiger partial charge in [-0.25, -0.2) is 4.98 Å². The summed E-state index contributed by atoms with van der Waals surface area (Å²) in [4.78, 5) is 23.0. The molecule has 0 saturated carbocycles. The standard InChI is InChI=1S/C13H15N3O5/c1-5-3-14-7-2-6(13(20)16-12(7)15-5)11-10(19)9(18)8(4-17)21-11/h2-3,8-11,17-19H,4H2,1H3,(H,15,16,20)/t8-,9+,10?,11+/m1/s1. The fraction of sp³-hybridized carbons (Fsp3) is 0.462. The Bertz CT molecular complexity index is 731. The van der Waals surface area contributed by atoms with Crippen molar-refractivity contribution in [1.29, 1.82) is 0 Å². The number of pyridine rings is 1. The molecular formula is C13H15N3O5. The molecule has 1 aliphatic heterocycles. The summed E-state index contributed by atoms with van der Waals surface area (Å²) in [5.41, 5.74) is 1.13. The number of hydrogen-bond donors (Lipinski definition) is 4. The van der Waals surface area contributed by atoms with Gasteiger partial charge in [-0.3, -0.25) is 9.78 Å². The lowest BCUT2D eigenvalue weighted by Gasteiger charge is -2.14. The van der Waals surface area contributed by atoms with Crippen LogP contribution in [0.5, 0.6) is 0 Å². The summed E-state index contributed by atoms with van der Waals surface area (Å²) in [6, 6.07) is 1.47. The number of fused-ring (bicyclic) bond motifs is 1. The molecule has 0 amide bonds. The van der Waals surface area contributed by atoms with E-state index in [0.717, 1.165) is 0 Å². The van der Waals surface area contributed by atoms with Crippen LogP contribution in [0.2, 0.25) is 0 Å². The minimum Gasteiger partial charge on any atom is -0.394 e. The van der Waals surface area contributed by atoms with E-state index in [4.69, 9.17) is 9.84 Å². The number of aliphatic hydroxyl groups is 3. The molecule has 3 heterocycles. The van der Waals surface area contributed by atoms with Gasteiger partial charge >= 0.3 is 0 Å². The molecule has 21 heavy (non-hydrogen) atoms. The van der Waals surface area contributed by atoms with Gasteiger partial charge in [0.05, 0.1) is 17.9 Å². The number of nitrogens with zero attached hydrogens (tertiary/aromatic N) is 2. The van der Waals surface area contributed by atoms with Gasteiger partial charge in [0.15, 0.2) is 5.65 Å².